The predicted octanol–water partition coefficient (Wildman–Crippen LogP) is 0.885. The molecule has 0 saturated carbocycles. The van der Waals surface area contributed by atoms with E-state index in [1.165, 1.54) is 0 Å². The minimum atomic E-state index is 0.671. The van der Waals surface area contributed by atoms with Crippen LogP contribution in [0, 0.1) is 0 Å². The molecule has 1 fully saturated rings. The van der Waals surface area contributed by atoms with Crippen molar-refractivity contribution in [2.75, 3.05) is 32.8 Å². The highest BCUT2D eigenvalue weighted by Gasteiger charge is 2.10. The fourth-order valence-electron chi connectivity index (χ4n) is 1.87. The summed E-state index contributed by atoms with van der Waals surface area (Å²) in [6.45, 7) is 7.91. The first kappa shape index (κ1) is 11.4. The molecule has 1 aliphatic heterocycles. The summed E-state index contributed by atoms with van der Waals surface area (Å²) < 4.78 is 5.39. The maximum atomic E-state index is 5.39. The molecule has 1 aromatic rings. The lowest BCUT2D eigenvalue weighted by Gasteiger charge is -2.26. The molecule has 0 unspecified atom stereocenters. The maximum absolute atomic E-state index is 5.39. The Labute approximate surface area is 96.6 Å². The number of rotatable bonds is 4. The standard InChI is InChI=1S/C12H19N3O/c1-2-16-12-5-3-4-11(14-12)10-15-8-6-13-7-9-15/h3-5,13H,2,6-10H2,1H3. The first-order valence-corrected chi connectivity index (χ1v) is 5.90. The molecule has 4 heteroatoms. The van der Waals surface area contributed by atoms with Crippen LogP contribution in [0.25, 0.3) is 0 Å². The third-order valence-electron chi connectivity index (χ3n) is 2.67. The Balaban J connectivity index is 1.94. The predicted molar refractivity (Wildman–Crippen MR) is 63.6 cm³/mol. The van der Waals surface area contributed by atoms with Gasteiger partial charge in [0.25, 0.3) is 0 Å². The number of pyridine rings is 1. The lowest BCUT2D eigenvalue weighted by molar-refractivity contribution is 0.229. The van der Waals surface area contributed by atoms with Gasteiger partial charge >= 0.3 is 0 Å². The van der Waals surface area contributed by atoms with Crippen LogP contribution in [-0.4, -0.2) is 42.7 Å². The molecule has 1 aromatic heterocycles. The molecule has 16 heavy (non-hydrogen) atoms. The van der Waals surface area contributed by atoms with E-state index >= 15 is 0 Å². The molecule has 0 bridgehead atoms. The zero-order valence-electron chi connectivity index (χ0n) is 9.78. The molecule has 0 aromatic carbocycles. The van der Waals surface area contributed by atoms with Crippen LogP contribution in [0.1, 0.15) is 12.6 Å². The van der Waals surface area contributed by atoms with E-state index in [-0.39, 0.29) is 0 Å². The van der Waals surface area contributed by atoms with Gasteiger partial charge in [0, 0.05) is 38.8 Å². The Bertz CT molecular complexity index is 324. The highest BCUT2D eigenvalue weighted by Crippen LogP contribution is 2.09. The minimum absolute atomic E-state index is 0.671. The quantitative estimate of drug-likeness (QED) is 0.819. The summed E-state index contributed by atoms with van der Waals surface area (Å²) in [6.07, 6.45) is 0. The van der Waals surface area contributed by atoms with Crippen molar-refractivity contribution in [2.45, 2.75) is 13.5 Å². The smallest absolute Gasteiger partial charge is 0.213 e. The van der Waals surface area contributed by atoms with Crippen LogP contribution in [0.2, 0.25) is 0 Å². The van der Waals surface area contributed by atoms with E-state index in [1.54, 1.807) is 0 Å². The van der Waals surface area contributed by atoms with E-state index in [0.717, 1.165) is 44.3 Å². The third kappa shape index (κ3) is 3.18. The zero-order valence-corrected chi connectivity index (χ0v) is 9.78. The van der Waals surface area contributed by atoms with Crippen molar-refractivity contribution in [3.8, 4) is 5.88 Å². The summed E-state index contributed by atoms with van der Waals surface area (Å²) in [5.41, 5.74) is 1.09. The average Bonchev–Trinajstić information content (AvgIpc) is 2.31. The van der Waals surface area contributed by atoms with Crippen LogP contribution in [0.4, 0.5) is 0 Å². The van der Waals surface area contributed by atoms with Crippen LogP contribution in [0.3, 0.4) is 0 Å². The summed E-state index contributed by atoms with van der Waals surface area (Å²) in [7, 11) is 0. The molecular weight excluding hydrogens is 202 g/mol. The van der Waals surface area contributed by atoms with Gasteiger partial charge in [-0.15, -0.1) is 0 Å². The number of nitrogens with one attached hydrogen (secondary N) is 1. The van der Waals surface area contributed by atoms with E-state index < -0.39 is 0 Å². The number of aromatic nitrogens is 1. The van der Waals surface area contributed by atoms with Gasteiger partial charge in [0.1, 0.15) is 0 Å². The van der Waals surface area contributed by atoms with E-state index in [1.807, 2.05) is 19.1 Å². The summed E-state index contributed by atoms with van der Waals surface area (Å²) in [6, 6.07) is 5.98. The van der Waals surface area contributed by atoms with E-state index in [0.29, 0.717) is 6.61 Å². The van der Waals surface area contributed by atoms with Crippen molar-refractivity contribution < 1.29 is 4.74 Å². The number of ether oxygens (including phenoxy) is 1. The van der Waals surface area contributed by atoms with Gasteiger partial charge in [0.15, 0.2) is 0 Å². The van der Waals surface area contributed by atoms with Crippen LogP contribution >= 0.6 is 0 Å². The Morgan fingerprint density at radius 2 is 2.19 bits per heavy atom. The van der Waals surface area contributed by atoms with Gasteiger partial charge in [0.2, 0.25) is 5.88 Å². The second-order valence-corrected chi connectivity index (χ2v) is 3.93. The second kappa shape index (κ2) is 5.82. The Morgan fingerprint density at radius 1 is 1.38 bits per heavy atom. The molecule has 0 radical (unpaired) electrons. The Hall–Kier alpha value is -1.13. The van der Waals surface area contributed by atoms with Crippen LogP contribution in [-0.2, 0) is 6.54 Å². The molecule has 88 valence electrons. The average molecular weight is 221 g/mol. The van der Waals surface area contributed by atoms with Crippen molar-refractivity contribution >= 4 is 0 Å². The summed E-state index contributed by atoms with van der Waals surface area (Å²) in [4.78, 5) is 6.88. The molecule has 1 N–H and O–H groups in total. The number of hydrogen-bond donors (Lipinski definition) is 1. The zero-order chi connectivity index (χ0) is 11.2. The fourth-order valence-corrected chi connectivity index (χ4v) is 1.87. The van der Waals surface area contributed by atoms with Crippen LogP contribution < -0.4 is 10.1 Å². The molecule has 4 nitrogen and oxygen atoms in total. The molecule has 1 saturated heterocycles. The summed E-state index contributed by atoms with van der Waals surface area (Å²) in [5.74, 6) is 0.732. The first-order chi connectivity index (χ1) is 7.88. The molecule has 0 atom stereocenters. The van der Waals surface area contributed by atoms with Crippen molar-refractivity contribution in [1.29, 1.82) is 0 Å². The first-order valence-electron chi connectivity index (χ1n) is 5.90. The largest absolute Gasteiger partial charge is 0.478 e. The Kier molecular flexibility index (Phi) is 4.13. The molecule has 2 heterocycles. The van der Waals surface area contributed by atoms with E-state index in [4.69, 9.17) is 4.74 Å². The van der Waals surface area contributed by atoms with Gasteiger partial charge in [0.05, 0.1) is 12.3 Å². The van der Waals surface area contributed by atoms with E-state index in [2.05, 4.69) is 21.3 Å². The van der Waals surface area contributed by atoms with Gasteiger partial charge in [-0.1, -0.05) is 6.07 Å². The third-order valence-corrected chi connectivity index (χ3v) is 2.67. The normalized spacial score (nSPS) is 17.3. The maximum Gasteiger partial charge on any atom is 0.213 e. The van der Waals surface area contributed by atoms with Gasteiger partial charge < -0.3 is 10.1 Å². The van der Waals surface area contributed by atoms with Gasteiger partial charge in [-0.3, -0.25) is 4.90 Å². The molecule has 2 rings (SSSR count). The molecule has 0 amide bonds. The lowest BCUT2D eigenvalue weighted by Crippen LogP contribution is -2.43. The van der Waals surface area contributed by atoms with Crippen molar-refractivity contribution in [3.63, 3.8) is 0 Å². The lowest BCUT2D eigenvalue weighted by atomic mass is 10.3. The minimum Gasteiger partial charge on any atom is -0.478 e. The van der Waals surface area contributed by atoms with Gasteiger partial charge in [-0.05, 0) is 13.0 Å². The Morgan fingerprint density at radius 3 is 2.94 bits per heavy atom. The fraction of sp³-hybridized carbons (Fsp3) is 0.583. The summed E-state index contributed by atoms with van der Waals surface area (Å²) in [5, 5.41) is 3.35. The topological polar surface area (TPSA) is 37.4 Å². The number of hydrogen-bond acceptors (Lipinski definition) is 4. The van der Waals surface area contributed by atoms with Crippen molar-refractivity contribution in [1.82, 2.24) is 15.2 Å². The SMILES string of the molecule is CCOc1cccc(CN2CCNCC2)n1. The monoisotopic (exact) mass is 221 g/mol. The number of nitrogens with zero attached hydrogens (tertiary/aromatic N) is 2. The van der Waals surface area contributed by atoms with E-state index in [9.17, 15) is 0 Å². The van der Waals surface area contributed by atoms with Gasteiger partial charge in [-0.2, -0.15) is 0 Å². The highest BCUT2D eigenvalue weighted by molar-refractivity contribution is 5.15. The van der Waals surface area contributed by atoms with Crippen molar-refractivity contribution in [2.24, 2.45) is 0 Å². The molecular formula is C12H19N3O. The number of piperazine rings is 1. The molecule has 0 spiro atoms. The summed E-state index contributed by atoms with van der Waals surface area (Å²) >= 11 is 0. The molecule has 1 aliphatic rings. The molecule has 0 aliphatic carbocycles. The van der Waals surface area contributed by atoms with Crippen molar-refractivity contribution in [3.05, 3.63) is 23.9 Å². The second-order valence-electron chi connectivity index (χ2n) is 3.93. The highest BCUT2D eigenvalue weighted by atomic mass is 16.5. The van der Waals surface area contributed by atoms with Crippen LogP contribution in [0.5, 0.6) is 5.88 Å². The van der Waals surface area contributed by atoms with Gasteiger partial charge in [-0.25, -0.2) is 4.98 Å². The van der Waals surface area contributed by atoms with Crippen LogP contribution in [0.15, 0.2) is 18.2 Å².